The summed E-state index contributed by atoms with van der Waals surface area (Å²) in [6.07, 6.45) is 2.00. The molecule has 2 aromatic rings. The summed E-state index contributed by atoms with van der Waals surface area (Å²) in [5.41, 5.74) is 0.813. The number of nitrogens with one attached hydrogen (secondary N) is 1. The second kappa shape index (κ2) is 5.55. The molecular formula is C15H15FN2O3. The Morgan fingerprint density at radius 1 is 1.52 bits per heavy atom. The van der Waals surface area contributed by atoms with Gasteiger partial charge in [-0.15, -0.1) is 0 Å². The number of amides is 1. The molecule has 3 rings (SSSR count). The van der Waals surface area contributed by atoms with Gasteiger partial charge in [0.2, 0.25) is 0 Å². The van der Waals surface area contributed by atoms with Crippen LogP contribution in [0, 0.1) is 12.7 Å². The SMILES string of the molecule is Cc1onc(C(=O)NC2CC2)c1COc1cccc(F)c1. The molecule has 0 bridgehead atoms. The van der Waals surface area contributed by atoms with E-state index in [4.69, 9.17) is 9.26 Å². The topological polar surface area (TPSA) is 64.4 Å². The van der Waals surface area contributed by atoms with Crippen molar-refractivity contribution in [2.24, 2.45) is 0 Å². The molecule has 1 aliphatic rings. The number of hydrogen-bond acceptors (Lipinski definition) is 4. The van der Waals surface area contributed by atoms with E-state index in [1.807, 2.05) is 0 Å². The predicted octanol–water partition coefficient (Wildman–Crippen LogP) is 2.59. The molecular weight excluding hydrogens is 275 g/mol. The fourth-order valence-electron chi connectivity index (χ4n) is 1.93. The minimum absolute atomic E-state index is 0.103. The molecule has 1 fully saturated rings. The fraction of sp³-hybridized carbons (Fsp3) is 0.333. The Balaban J connectivity index is 1.72. The summed E-state index contributed by atoms with van der Waals surface area (Å²) in [7, 11) is 0. The lowest BCUT2D eigenvalue weighted by Gasteiger charge is -2.07. The van der Waals surface area contributed by atoms with Crippen molar-refractivity contribution in [2.45, 2.75) is 32.4 Å². The molecule has 0 radical (unpaired) electrons. The average molecular weight is 290 g/mol. The highest BCUT2D eigenvalue weighted by molar-refractivity contribution is 5.94. The Labute approximate surface area is 121 Å². The molecule has 0 unspecified atom stereocenters. The molecule has 0 spiro atoms. The van der Waals surface area contributed by atoms with E-state index < -0.39 is 0 Å². The maximum atomic E-state index is 13.1. The Bertz CT molecular complexity index is 665. The van der Waals surface area contributed by atoms with Gasteiger partial charge in [-0.3, -0.25) is 4.79 Å². The molecule has 1 aromatic heterocycles. The van der Waals surface area contributed by atoms with E-state index in [-0.39, 0.29) is 30.1 Å². The number of nitrogens with zero attached hydrogens (tertiary/aromatic N) is 1. The van der Waals surface area contributed by atoms with Crippen LogP contribution in [0.5, 0.6) is 5.75 Å². The molecule has 1 saturated carbocycles. The second-order valence-electron chi connectivity index (χ2n) is 5.06. The quantitative estimate of drug-likeness (QED) is 0.919. The smallest absolute Gasteiger partial charge is 0.274 e. The first-order chi connectivity index (χ1) is 10.1. The Hall–Kier alpha value is -2.37. The standard InChI is InChI=1S/C15H15FN2O3/c1-9-13(8-20-12-4-2-3-10(16)7-12)14(18-21-9)15(19)17-11-5-6-11/h2-4,7,11H,5-6,8H2,1H3,(H,17,19). The Morgan fingerprint density at radius 2 is 2.33 bits per heavy atom. The van der Waals surface area contributed by atoms with Crippen molar-refractivity contribution in [1.29, 1.82) is 0 Å². The van der Waals surface area contributed by atoms with E-state index in [9.17, 15) is 9.18 Å². The monoisotopic (exact) mass is 290 g/mol. The van der Waals surface area contributed by atoms with Gasteiger partial charge in [0.15, 0.2) is 5.69 Å². The van der Waals surface area contributed by atoms with Gasteiger partial charge in [0.05, 0.1) is 5.56 Å². The number of carbonyl (C=O) groups is 1. The second-order valence-corrected chi connectivity index (χ2v) is 5.06. The molecule has 0 saturated heterocycles. The molecule has 1 N–H and O–H groups in total. The maximum absolute atomic E-state index is 13.1. The normalized spacial score (nSPS) is 14.0. The van der Waals surface area contributed by atoms with Gasteiger partial charge in [0, 0.05) is 12.1 Å². The first kappa shape index (κ1) is 13.6. The van der Waals surface area contributed by atoms with Crippen LogP contribution in [0.2, 0.25) is 0 Å². The third-order valence-electron chi connectivity index (χ3n) is 3.29. The van der Waals surface area contributed by atoms with Crippen LogP contribution < -0.4 is 10.1 Å². The third kappa shape index (κ3) is 3.21. The van der Waals surface area contributed by atoms with Crippen LogP contribution in [0.4, 0.5) is 4.39 Å². The summed E-state index contributed by atoms with van der Waals surface area (Å²) in [4.78, 5) is 12.0. The summed E-state index contributed by atoms with van der Waals surface area (Å²) < 4.78 is 23.7. The first-order valence-electron chi connectivity index (χ1n) is 6.78. The van der Waals surface area contributed by atoms with Crippen LogP contribution in [-0.2, 0) is 6.61 Å². The van der Waals surface area contributed by atoms with Crippen LogP contribution in [0.3, 0.4) is 0 Å². The summed E-state index contributed by atoms with van der Waals surface area (Å²) in [5, 5.41) is 6.64. The van der Waals surface area contributed by atoms with E-state index in [1.165, 1.54) is 12.1 Å². The Kier molecular flexibility index (Phi) is 3.60. The van der Waals surface area contributed by atoms with Gasteiger partial charge >= 0.3 is 0 Å². The zero-order valence-electron chi connectivity index (χ0n) is 11.6. The van der Waals surface area contributed by atoms with Crippen molar-refractivity contribution >= 4 is 5.91 Å². The van der Waals surface area contributed by atoms with Gasteiger partial charge in [-0.2, -0.15) is 0 Å². The number of aromatic nitrogens is 1. The molecule has 1 heterocycles. The first-order valence-corrected chi connectivity index (χ1v) is 6.78. The van der Waals surface area contributed by atoms with E-state index in [1.54, 1.807) is 19.1 Å². The molecule has 21 heavy (non-hydrogen) atoms. The number of ether oxygens (including phenoxy) is 1. The van der Waals surface area contributed by atoms with E-state index >= 15 is 0 Å². The molecule has 1 aromatic carbocycles. The van der Waals surface area contributed by atoms with Crippen molar-refractivity contribution in [3.8, 4) is 5.75 Å². The summed E-state index contributed by atoms with van der Waals surface area (Å²) in [6, 6.07) is 6.08. The molecule has 1 aliphatic carbocycles. The zero-order valence-corrected chi connectivity index (χ0v) is 11.6. The summed E-state index contributed by atoms with van der Waals surface area (Å²) in [5.74, 6) is 0.282. The van der Waals surface area contributed by atoms with Gasteiger partial charge in [-0.1, -0.05) is 11.2 Å². The number of rotatable bonds is 5. The summed E-state index contributed by atoms with van der Waals surface area (Å²) >= 11 is 0. The van der Waals surface area contributed by atoms with Gasteiger partial charge in [0.25, 0.3) is 5.91 Å². The highest BCUT2D eigenvalue weighted by atomic mass is 19.1. The van der Waals surface area contributed by atoms with Crippen LogP contribution in [0.1, 0.15) is 34.7 Å². The number of halogens is 1. The predicted molar refractivity (Wildman–Crippen MR) is 72.5 cm³/mol. The van der Waals surface area contributed by atoms with Crippen molar-refractivity contribution in [2.75, 3.05) is 0 Å². The maximum Gasteiger partial charge on any atom is 0.274 e. The number of carbonyl (C=O) groups excluding carboxylic acids is 1. The molecule has 110 valence electrons. The van der Waals surface area contributed by atoms with Gasteiger partial charge in [-0.25, -0.2) is 4.39 Å². The lowest BCUT2D eigenvalue weighted by molar-refractivity contribution is 0.0940. The highest BCUT2D eigenvalue weighted by Crippen LogP contribution is 2.22. The minimum atomic E-state index is -0.374. The fourth-order valence-corrected chi connectivity index (χ4v) is 1.93. The van der Waals surface area contributed by atoms with Crippen LogP contribution in [0.25, 0.3) is 0 Å². The van der Waals surface area contributed by atoms with E-state index in [2.05, 4.69) is 10.5 Å². The van der Waals surface area contributed by atoms with Gasteiger partial charge in [-0.05, 0) is 31.9 Å². The highest BCUT2D eigenvalue weighted by Gasteiger charge is 2.27. The Morgan fingerprint density at radius 3 is 3.05 bits per heavy atom. The molecule has 5 nitrogen and oxygen atoms in total. The lowest BCUT2D eigenvalue weighted by atomic mass is 10.2. The van der Waals surface area contributed by atoms with Crippen molar-refractivity contribution in [1.82, 2.24) is 10.5 Å². The van der Waals surface area contributed by atoms with Crippen LogP contribution >= 0.6 is 0 Å². The molecule has 1 amide bonds. The van der Waals surface area contributed by atoms with Crippen LogP contribution in [0.15, 0.2) is 28.8 Å². The molecule has 0 aliphatic heterocycles. The average Bonchev–Trinajstić information content (AvgIpc) is 3.18. The summed E-state index contributed by atoms with van der Waals surface area (Å²) in [6.45, 7) is 1.82. The van der Waals surface area contributed by atoms with E-state index in [0.717, 1.165) is 12.8 Å². The van der Waals surface area contributed by atoms with Gasteiger partial charge in [0.1, 0.15) is 23.9 Å². The largest absolute Gasteiger partial charge is 0.489 e. The van der Waals surface area contributed by atoms with Gasteiger partial charge < -0.3 is 14.6 Å². The van der Waals surface area contributed by atoms with E-state index in [0.29, 0.717) is 17.1 Å². The lowest BCUT2D eigenvalue weighted by Crippen LogP contribution is -2.26. The number of hydrogen-bond donors (Lipinski definition) is 1. The van der Waals surface area contributed by atoms with Crippen LogP contribution in [-0.4, -0.2) is 17.1 Å². The minimum Gasteiger partial charge on any atom is -0.489 e. The third-order valence-corrected chi connectivity index (χ3v) is 3.29. The number of aryl methyl sites for hydroxylation is 1. The van der Waals surface area contributed by atoms with Crippen molar-refractivity contribution < 1.29 is 18.4 Å². The number of benzene rings is 1. The molecule has 6 heteroatoms. The zero-order chi connectivity index (χ0) is 14.8. The van der Waals surface area contributed by atoms with Crippen molar-refractivity contribution in [3.05, 3.63) is 47.1 Å². The van der Waals surface area contributed by atoms with Crippen molar-refractivity contribution in [3.63, 3.8) is 0 Å². The molecule has 0 atom stereocenters.